The molecule has 0 bridgehead atoms. The Balaban J connectivity index is 0.00000265. The molecule has 2 aromatic carbocycles. The van der Waals surface area contributed by atoms with E-state index in [1.165, 1.54) is 0 Å². The number of hydrogen-bond acceptors (Lipinski definition) is 5. The summed E-state index contributed by atoms with van der Waals surface area (Å²) in [7, 11) is 1.55. The lowest BCUT2D eigenvalue weighted by atomic mass is 10.1. The summed E-state index contributed by atoms with van der Waals surface area (Å²) in [4.78, 5) is 4.84. The van der Waals surface area contributed by atoms with Crippen molar-refractivity contribution in [3.8, 4) is 17.2 Å². The molecule has 2 rings (SSSR count). The largest absolute Gasteiger partial charge is 0.494 e. The second-order valence-corrected chi connectivity index (χ2v) is 7.57. The second-order valence-electron chi connectivity index (χ2n) is 7.57. The topological polar surface area (TPSA) is 49.3 Å². The first-order valence-electron chi connectivity index (χ1n) is 11.8. The van der Waals surface area contributed by atoms with Crippen LogP contribution in [0, 0.1) is 13.8 Å². The van der Waals surface area contributed by atoms with Crippen LogP contribution in [0.2, 0.25) is 0 Å². The fourth-order valence-corrected chi connectivity index (χ4v) is 3.24. The number of rotatable bonds is 12. The van der Waals surface area contributed by atoms with Crippen molar-refractivity contribution in [2.75, 3.05) is 20.3 Å². The average molecular weight is 456 g/mol. The molecule has 0 saturated carbocycles. The van der Waals surface area contributed by atoms with Gasteiger partial charge in [-0.2, -0.15) is 0 Å². The van der Waals surface area contributed by atoms with Gasteiger partial charge in [-0.1, -0.05) is 43.3 Å². The normalized spacial score (nSPS) is 12.1. The van der Waals surface area contributed by atoms with Gasteiger partial charge in [-0.3, -0.25) is 0 Å². The highest BCUT2D eigenvalue weighted by Crippen LogP contribution is 2.30. The SMILES string of the molecule is C/C=C/COc1cc(C)c(OC(C)CCCOc2cccc(/C(C)=N\OC)c2)c(C)c1.CC. The Kier molecular flexibility index (Phi) is 13.4. The van der Waals surface area contributed by atoms with E-state index in [0.717, 1.165) is 52.5 Å². The fraction of sp³-hybridized carbons (Fsp3) is 0.464. The Morgan fingerprint density at radius 3 is 2.36 bits per heavy atom. The molecule has 0 aromatic heterocycles. The van der Waals surface area contributed by atoms with E-state index in [2.05, 4.69) is 25.9 Å². The van der Waals surface area contributed by atoms with E-state index in [0.29, 0.717) is 13.2 Å². The van der Waals surface area contributed by atoms with Crippen molar-refractivity contribution in [3.05, 3.63) is 65.2 Å². The van der Waals surface area contributed by atoms with Crippen molar-refractivity contribution in [1.29, 1.82) is 0 Å². The van der Waals surface area contributed by atoms with Crippen LogP contribution in [0.5, 0.6) is 17.2 Å². The Hall–Kier alpha value is -2.95. The van der Waals surface area contributed by atoms with Crippen LogP contribution in [0.25, 0.3) is 0 Å². The summed E-state index contributed by atoms with van der Waals surface area (Å²) in [5.41, 5.74) is 3.98. The molecule has 0 radical (unpaired) electrons. The Morgan fingerprint density at radius 2 is 1.73 bits per heavy atom. The zero-order chi connectivity index (χ0) is 24.6. The first kappa shape index (κ1) is 28.1. The fourth-order valence-electron chi connectivity index (χ4n) is 3.24. The van der Waals surface area contributed by atoms with Crippen LogP contribution >= 0.6 is 0 Å². The molecule has 182 valence electrons. The smallest absolute Gasteiger partial charge is 0.125 e. The van der Waals surface area contributed by atoms with Gasteiger partial charge in [0.15, 0.2) is 0 Å². The molecule has 0 aliphatic rings. The van der Waals surface area contributed by atoms with Crippen molar-refractivity contribution in [2.24, 2.45) is 5.16 Å². The highest BCUT2D eigenvalue weighted by atomic mass is 16.6. The number of hydrogen-bond donors (Lipinski definition) is 0. The van der Waals surface area contributed by atoms with Gasteiger partial charge < -0.3 is 19.0 Å². The summed E-state index contributed by atoms with van der Waals surface area (Å²) >= 11 is 0. The number of ether oxygens (including phenoxy) is 3. The molecule has 0 heterocycles. The third-order valence-corrected chi connectivity index (χ3v) is 4.84. The molecule has 0 aliphatic carbocycles. The molecule has 0 amide bonds. The standard InChI is InChI=1S/C26H35NO4.C2H6/c1-7-8-14-30-25-16-19(2)26(20(3)17-25)31-21(4)11-10-15-29-24-13-9-12-23(18-24)22(5)27-28-6;1-2/h7-9,12-13,16-18,21H,10-11,14-15H2,1-6H3;1-2H3/b8-7+,27-22-;. The van der Waals surface area contributed by atoms with Crippen molar-refractivity contribution in [1.82, 2.24) is 0 Å². The van der Waals surface area contributed by atoms with Gasteiger partial charge in [0.2, 0.25) is 0 Å². The minimum atomic E-state index is 0.0956. The third kappa shape index (κ3) is 10.0. The van der Waals surface area contributed by atoms with Gasteiger partial charge >= 0.3 is 0 Å². The quantitative estimate of drug-likeness (QED) is 0.146. The maximum absolute atomic E-state index is 6.23. The van der Waals surface area contributed by atoms with Gasteiger partial charge in [-0.15, -0.1) is 0 Å². The first-order valence-corrected chi connectivity index (χ1v) is 11.8. The molecule has 0 aliphatic heterocycles. The van der Waals surface area contributed by atoms with Crippen molar-refractivity contribution in [3.63, 3.8) is 0 Å². The lowest BCUT2D eigenvalue weighted by Gasteiger charge is -2.19. The summed E-state index contributed by atoms with van der Waals surface area (Å²) in [6.45, 7) is 15.3. The number of nitrogens with zero attached hydrogens (tertiary/aromatic N) is 1. The summed E-state index contributed by atoms with van der Waals surface area (Å²) in [5.74, 6) is 2.64. The van der Waals surface area contributed by atoms with Gasteiger partial charge in [0.1, 0.15) is 31.0 Å². The monoisotopic (exact) mass is 455 g/mol. The molecular formula is C28H41NO4. The molecule has 0 saturated heterocycles. The van der Waals surface area contributed by atoms with Gasteiger partial charge in [-0.25, -0.2) is 0 Å². The minimum Gasteiger partial charge on any atom is -0.494 e. The van der Waals surface area contributed by atoms with E-state index in [-0.39, 0.29) is 6.10 Å². The molecule has 33 heavy (non-hydrogen) atoms. The maximum atomic E-state index is 6.23. The van der Waals surface area contributed by atoms with Crippen molar-refractivity contribution >= 4 is 5.71 Å². The van der Waals surface area contributed by atoms with Crippen LogP contribution in [0.3, 0.4) is 0 Å². The van der Waals surface area contributed by atoms with Crippen molar-refractivity contribution < 1.29 is 19.0 Å². The zero-order valence-corrected chi connectivity index (χ0v) is 21.6. The molecule has 1 atom stereocenters. The number of allylic oxidation sites excluding steroid dienone is 1. The van der Waals surface area contributed by atoms with Crippen LogP contribution in [-0.2, 0) is 4.84 Å². The molecule has 5 nitrogen and oxygen atoms in total. The van der Waals surface area contributed by atoms with Gasteiger partial charge in [0.25, 0.3) is 0 Å². The molecule has 0 spiro atoms. The Labute approximate surface area is 200 Å². The average Bonchev–Trinajstić information content (AvgIpc) is 2.81. The van der Waals surface area contributed by atoms with Crippen LogP contribution in [0.15, 0.2) is 53.7 Å². The van der Waals surface area contributed by atoms with E-state index < -0.39 is 0 Å². The Morgan fingerprint density at radius 1 is 1.03 bits per heavy atom. The number of aryl methyl sites for hydroxylation is 2. The van der Waals surface area contributed by atoms with Gasteiger partial charge in [0.05, 0.1) is 18.4 Å². The number of benzene rings is 2. The first-order chi connectivity index (χ1) is 15.9. The predicted octanol–water partition coefficient (Wildman–Crippen LogP) is 7.28. The number of oxime groups is 1. The van der Waals surface area contributed by atoms with E-state index >= 15 is 0 Å². The lowest BCUT2D eigenvalue weighted by molar-refractivity contribution is 0.191. The molecule has 0 fully saturated rings. The second kappa shape index (κ2) is 15.8. The van der Waals surface area contributed by atoms with E-state index in [9.17, 15) is 0 Å². The van der Waals surface area contributed by atoms with Crippen LogP contribution in [0.1, 0.15) is 64.2 Å². The predicted molar refractivity (Wildman–Crippen MR) is 138 cm³/mol. The van der Waals surface area contributed by atoms with Crippen LogP contribution < -0.4 is 14.2 Å². The van der Waals surface area contributed by atoms with Gasteiger partial charge in [-0.05, 0) is 82.9 Å². The highest BCUT2D eigenvalue weighted by molar-refractivity contribution is 5.98. The van der Waals surface area contributed by atoms with Crippen molar-refractivity contribution in [2.45, 2.75) is 67.4 Å². The summed E-state index contributed by atoms with van der Waals surface area (Å²) in [6, 6.07) is 11.9. The summed E-state index contributed by atoms with van der Waals surface area (Å²) in [5, 5.41) is 3.97. The maximum Gasteiger partial charge on any atom is 0.125 e. The van der Waals surface area contributed by atoms with Crippen LogP contribution in [-0.4, -0.2) is 32.1 Å². The Bertz CT molecular complexity index is 866. The third-order valence-electron chi connectivity index (χ3n) is 4.84. The minimum absolute atomic E-state index is 0.0956. The molecular weight excluding hydrogens is 414 g/mol. The molecule has 2 aromatic rings. The van der Waals surface area contributed by atoms with Crippen LogP contribution in [0.4, 0.5) is 0 Å². The highest BCUT2D eigenvalue weighted by Gasteiger charge is 2.11. The van der Waals surface area contributed by atoms with E-state index in [1.54, 1.807) is 7.11 Å². The summed E-state index contributed by atoms with van der Waals surface area (Å²) in [6.07, 6.45) is 5.87. The van der Waals surface area contributed by atoms with E-state index in [1.807, 2.05) is 76.2 Å². The van der Waals surface area contributed by atoms with Gasteiger partial charge in [0, 0.05) is 5.56 Å². The zero-order valence-electron chi connectivity index (χ0n) is 21.6. The molecule has 1 unspecified atom stereocenters. The lowest BCUT2D eigenvalue weighted by Crippen LogP contribution is -2.15. The molecule has 5 heteroatoms. The summed E-state index contributed by atoms with van der Waals surface area (Å²) < 4.78 is 17.9. The van der Waals surface area contributed by atoms with E-state index in [4.69, 9.17) is 19.0 Å². The molecule has 0 N–H and O–H groups in total.